The van der Waals surface area contributed by atoms with E-state index in [0.29, 0.717) is 5.89 Å². The summed E-state index contributed by atoms with van der Waals surface area (Å²) in [4.78, 5) is 20.7. The maximum absolute atomic E-state index is 11.9. The number of ether oxygens (including phenoxy) is 1. The molecule has 3 rings (SSSR count). The maximum atomic E-state index is 11.9. The summed E-state index contributed by atoms with van der Waals surface area (Å²) < 4.78 is 10.8. The third kappa shape index (κ3) is 4.27. The second kappa shape index (κ2) is 7.80. The van der Waals surface area contributed by atoms with E-state index in [1.54, 1.807) is 7.11 Å². The van der Waals surface area contributed by atoms with E-state index >= 15 is 0 Å². The fourth-order valence-corrected chi connectivity index (χ4v) is 2.98. The normalized spacial score (nSPS) is 15.6. The topological polar surface area (TPSA) is 58.8 Å². The van der Waals surface area contributed by atoms with Crippen molar-refractivity contribution in [2.24, 2.45) is 0 Å². The van der Waals surface area contributed by atoms with Gasteiger partial charge in [-0.15, -0.1) is 0 Å². The molecular weight excluding hydrogens is 318 g/mol. The van der Waals surface area contributed by atoms with Gasteiger partial charge in [-0.1, -0.05) is 17.7 Å². The molecule has 0 unspecified atom stereocenters. The molecule has 0 aliphatic carbocycles. The standard InChI is InChI=1S/C19H25N3O3/c1-14-4-6-16(7-5-14)19-20-17(15(2)25-19)12-21-8-10-22(11-9-21)18(23)13-24-3/h4-7H,8-13H2,1-3H3. The van der Waals surface area contributed by atoms with Gasteiger partial charge in [0, 0.05) is 45.4 Å². The number of amides is 1. The predicted molar refractivity (Wildman–Crippen MR) is 95.1 cm³/mol. The number of aromatic nitrogens is 1. The molecule has 25 heavy (non-hydrogen) atoms. The van der Waals surface area contributed by atoms with Gasteiger partial charge < -0.3 is 14.1 Å². The van der Waals surface area contributed by atoms with Crippen LogP contribution >= 0.6 is 0 Å². The summed E-state index contributed by atoms with van der Waals surface area (Å²) in [6, 6.07) is 8.19. The SMILES string of the molecule is COCC(=O)N1CCN(Cc2nc(-c3ccc(C)cc3)oc2C)CC1. The minimum Gasteiger partial charge on any atom is -0.441 e. The Kier molecular flexibility index (Phi) is 5.50. The number of hydrogen-bond donors (Lipinski definition) is 0. The Labute approximate surface area is 148 Å². The van der Waals surface area contributed by atoms with Crippen molar-refractivity contribution >= 4 is 5.91 Å². The lowest BCUT2D eigenvalue weighted by molar-refractivity contribution is -0.136. The van der Waals surface area contributed by atoms with Gasteiger partial charge in [0.2, 0.25) is 11.8 Å². The zero-order chi connectivity index (χ0) is 17.8. The van der Waals surface area contributed by atoms with Crippen LogP contribution in [0.3, 0.4) is 0 Å². The summed E-state index contributed by atoms with van der Waals surface area (Å²) in [7, 11) is 1.55. The molecule has 1 amide bonds. The third-order valence-corrected chi connectivity index (χ3v) is 4.56. The van der Waals surface area contributed by atoms with Crippen LogP contribution in [0.5, 0.6) is 0 Å². The van der Waals surface area contributed by atoms with E-state index < -0.39 is 0 Å². The van der Waals surface area contributed by atoms with Gasteiger partial charge in [-0.25, -0.2) is 4.98 Å². The van der Waals surface area contributed by atoms with Crippen molar-refractivity contribution in [2.45, 2.75) is 20.4 Å². The molecule has 1 aromatic heterocycles. The van der Waals surface area contributed by atoms with E-state index in [1.165, 1.54) is 5.56 Å². The van der Waals surface area contributed by atoms with Crippen molar-refractivity contribution < 1.29 is 13.9 Å². The van der Waals surface area contributed by atoms with Gasteiger partial charge in [-0.2, -0.15) is 0 Å². The van der Waals surface area contributed by atoms with E-state index in [9.17, 15) is 4.79 Å². The van der Waals surface area contributed by atoms with E-state index in [0.717, 1.165) is 49.7 Å². The Balaban J connectivity index is 1.61. The van der Waals surface area contributed by atoms with Crippen molar-refractivity contribution in [2.75, 3.05) is 39.9 Å². The van der Waals surface area contributed by atoms with E-state index in [1.807, 2.05) is 24.0 Å². The number of rotatable bonds is 5. The highest BCUT2D eigenvalue weighted by Gasteiger charge is 2.22. The molecule has 2 heterocycles. The lowest BCUT2D eigenvalue weighted by Gasteiger charge is -2.34. The van der Waals surface area contributed by atoms with Gasteiger partial charge in [0.05, 0.1) is 5.69 Å². The highest BCUT2D eigenvalue weighted by atomic mass is 16.5. The Morgan fingerprint density at radius 2 is 1.84 bits per heavy atom. The van der Waals surface area contributed by atoms with Crippen LogP contribution in [0.25, 0.3) is 11.5 Å². The van der Waals surface area contributed by atoms with Crippen molar-refractivity contribution in [3.63, 3.8) is 0 Å². The summed E-state index contributed by atoms with van der Waals surface area (Å²) in [5.74, 6) is 1.58. The minimum absolute atomic E-state index is 0.0569. The van der Waals surface area contributed by atoms with E-state index in [-0.39, 0.29) is 12.5 Å². The minimum atomic E-state index is 0.0569. The molecule has 1 aromatic carbocycles. The Hall–Kier alpha value is -2.18. The van der Waals surface area contributed by atoms with Crippen LogP contribution in [-0.4, -0.2) is 60.6 Å². The number of piperazine rings is 1. The molecule has 0 bridgehead atoms. The number of nitrogens with zero attached hydrogens (tertiary/aromatic N) is 3. The number of carbonyl (C=O) groups excluding carboxylic acids is 1. The van der Waals surface area contributed by atoms with Gasteiger partial charge in [0.1, 0.15) is 12.4 Å². The van der Waals surface area contributed by atoms with Gasteiger partial charge in [0.25, 0.3) is 0 Å². The molecule has 0 saturated carbocycles. The van der Waals surface area contributed by atoms with Gasteiger partial charge in [0.15, 0.2) is 0 Å². The van der Waals surface area contributed by atoms with Crippen LogP contribution in [0.4, 0.5) is 0 Å². The molecule has 0 spiro atoms. The van der Waals surface area contributed by atoms with Crippen molar-refractivity contribution in [1.82, 2.24) is 14.8 Å². The molecule has 0 N–H and O–H groups in total. The summed E-state index contributed by atoms with van der Waals surface area (Å²) in [6.07, 6.45) is 0. The van der Waals surface area contributed by atoms with Crippen molar-refractivity contribution in [3.05, 3.63) is 41.3 Å². The number of aryl methyl sites for hydroxylation is 2. The van der Waals surface area contributed by atoms with E-state index in [4.69, 9.17) is 9.15 Å². The summed E-state index contributed by atoms with van der Waals surface area (Å²) in [6.45, 7) is 8.04. The van der Waals surface area contributed by atoms with Gasteiger partial charge in [-0.3, -0.25) is 9.69 Å². The highest BCUT2D eigenvalue weighted by Crippen LogP contribution is 2.23. The van der Waals surface area contributed by atoms with Crippen molar-refractivity contribution in [3.8, 4) is 11.5 Å². The highest BCUT2D eigenvalue weighted by molar-refractivity contribution is 5.77. The number of benzene rings is 1. The van der Waals surface area contributed by atoms with Crippen LogP contribution in [0.15, 0.2) is 28.7 Å². The largest absolute Gasteiger partial charge is 0.441 e. The molecule has 1 fully saturated rings. The molecule has 1 saturated heterocycles. The smallest absolute Gasteiger partial charge is 0.248 e. The Morgan fingerprint density at radius 1 is 1.16 bits per heavy atom. The molecule has 0 radical (unpaired) electrons. The van der Waals surface area contributed by atoms with E-state index in [2.05, 4.69) is 28.9 Å². The first-order valence-electron chi connectivity index (χ1n) is 8.59. The summed E-state index contributed by atoms with van der Waals surface area (Å²) in [5, 5.41) is 0. The Morgan fingerprint density at radius 3 is 2.48 bits per heavy atom. The summed E-state index contributed by atoms with van der Waals surface area (Å²) >= 11 is 0. The van der Waals surface area contributed by atoms with Crippen molar-refractivity contribution in [1.29, 1.82) is 0 Å². The molecule has 0 atom stereocenters. The van der Waals surface area contributed by atoms with Gasteiger partial charge in [-0.05, 0) is 26.0 Å². The monoisotopic (exact) mass is 343 g/mol. The lowest BCUT2D eigenvalue weighted by atomic mass is 10.1. The van der Waals surface area contributed by atoms with Gasteiger partial charge >= 0.3 is 0 Å². The first-order chi connectivity index (χ1) is 12.1. The predicted octanol–water partition coefficient (Wildman–Crippen LogP) is 2.25. The second-order valence-electron chi connectivity index (χ2n) is 6.48. The Bertz CT molecular complexity index is 716. The maximum Gasteiger partial charge on any atom is 0.248 e. The lowest BCUT2D eigenvalue weighted by Crippen LogP contribution is -2.49. The van der Waals surface area contributed by atoms with Crippen LogP contribution in [0, 0.1) is 13.8 Å². The average Bonchev–Trinajstić information content (AvgIpc) is 2.97. The number of methoxy groups -OCH3 is 1. The average molecular weight is 343 g/mol. The second-order valence-corrected chi connectivity index (χ2v) is 6.48. The first-order valence-corrected chi connectivity index (χ1v) is 8.59. The molecule has 134 valence electrons. The molecule has 6 nitrogen and oxygen atoms in total. The molecule has 6 heteroatoms. The molecule has 1 aliphatic rings. The first kappa shape index (κ1) is 17.6. The summed E-state index contributed by atoms with van der Waals surface area (Å²) in [5.41, 5.74) is 3.18. The zero-order valence-electron chi connectivity index (χ0n) is 15.1. The quantitative estimate of drug-likeness (QED) is 0.833. The fraction of sp³-hybridized carbons (Fsp3) is 0.474. The molecule has 2 aromatic rings. The number of hydrogen-bond acceptors (Lipinski definition) is 5. The van der Waals surface area contributed by atoms with Crippen LogP contribution in [0.1, 0.15) is 17.0 Å². The van der Waals surface area contributed by atoms with Crippen LogP contribution < -0.4 is 0 Å². The third-order valence-electron chi connectivity index (χ3n) is 4.56. The molecule has 1 aliphatic heterocycles. The van der Waals surface area contributed by atoms with Crippen LogP contribution in [0.2, 0.25) is 0 Å². The fourth-order valence-electron chi connectivity index (χ4n) is 2.98. The number of oxazole rings is 1. The molecular formula is C19H25N3O3. The van der Waals surface area contributed by atoms with Crippen LogP contribution in [-0.2, 0) is 16.1 Å². The number of carbonyl (C=O) groups is 1. The zero-order valence-corrected chi connectivity index (χ0v) is 15.1.